The van der Waals surface area contributed by atoms with E-state index in [-0.39, 0.29) is 11.7 Å². The van der Waals surface area contributed by atoms with E-state index < -0.39 is 5.82 Å². The highest BCUT2D eigenvalue weighted by atomic mass is 19.1. The maximum atomic E-state index is 13.8. The zero-order valence-corrected chi connectivity index (χ0v) is 14.3. The molecule has 2 aromatic heterocycles. The van der Waals surface area contributed by atoms with Gasteiger partial charge in [-0.05, 0) is 12.1 Å². The van der Waals surface area contributed by atoms with Crippen molar-refractivity contribution in [2.24, 2.45) is 7.05 Å². The second-order valence-electron chi connectivity index (χ2n) is 6.19. The molecule has 26 heavy (non-hydrogen) atoms. The van der Waals surface area contributed by atoms with E-state index in [9.17, 15) is 9.18 Å². The lowest BCUT2D eigenvalue weighted by molar-refractivity contribution is 0.0304. The summed E-state index contributed by atoms with van der Waals surface area (Å²) in [5.74, 6) is -0.384. The highest BCUT2D eigenvalue weighted by Crippen LogP contribution is 2.32. The maximum Gasteiger partial charge on any atom is 0.258 e. The number of halogens is 1. The van der Waals surface area contributed by atoms with Crippen LogP contribution in [0.25, 0.3) is 22.3 Å². The number of ether oxygens (including phenoxy) is 1. The molecule has 7 nitrogen and oxygen atoms in total. The van der Waals surface area contributed by atoms with Gasteiger partial charge in [-0.1, -0.05) is 12.1 Å². The third-order valence-electron chi connectivity index (χ3n) is 4.50. The molecule has 0 saturated carbocycles. The molecule has 1 amide bonds. The molecular weight excluding hydrogens is 337 g/mol. The van der Waals surface area contributed by atoms with Gasteiger partial charge in [0, 0.05) is 25.7 Å². The van der Waals surface area contributed by atoms with E-state index >= 15 is 0 Å². The summed E-state index contributed by atoms with van der Waals surface area (Å²) in [6, 6.07) is 5.99. The van der Waals surface area contributed by atoms with Crippen LogP contribution in [0, 0.1) is 5.82 Å². The van der Waals surface area contributed by atoms with Crippen LogP contribution in [0.2, 0.25) is 0 Å². The number of rotatable bonds is 2. The molecule has 0 atom stereocenters. The fraction of sp³-hybridized carbons (Fsp3) is 0.278. The Balaban J connectivity index is 1.98. The van der Waals surface area contributed by atoms with Crippen molar-refractivity contribution >= 4 is 22.8 Å². The van der Waals surface area contributed by atoms with Crippen LogP contribution in [0.4, 0.5) is 10.2 Å². The molecule has 0 radical (unpaired) electrons. The number of carbonyl (C=O) groups is 1. The third kappa shape index (κ3) is 2.68. The number of anilines is 1. The molecule has 3 aromatic rings. The van der Waals surface area contributed by atoms with Crippen LogP contribution in [-0.2, 0) is 11.8 Å². The van der Waals surface area contributed by atoms with Gasteiger partial charge in [0.1, 0.15) is 11.3 Å². The van der Waals surface area contributed by atoms with Gasteiger partial charge in [-0.3, -0.25) is 4.79 Å². The Bertz CT molecular complexity index is 995. The maximum absolute atomic E-state index is 13.8. The minimum Gasteiger partial charge on any atom is -0.382 e. The second-order valence-corrected chi connectivity index (χ2v) is 6.19. The summed E-state index contributed by atoms with van der Waals surface area (Å²) in [5, 5.41) is 0. The molecule has 0 unspecified atom stereocenters. The predicted octanol–water partition coefficient (Wildman–Crippen LogP) is 1.83. The summed E-state index contributed by atoms with van der Waals surface area (Å²) in [5.41, 5.74) is 8.35. The van der Waals surface area contributed by atoms with Gasteiger partial charge >= 0.3 is 0 Å². The van der Waals surface area contributed by atoms with E-state index in [1.54, 1.807) is 35.0 Å². The normalized spacial score (nSPS) is 14.8. The molecule has 1 aromatic carbocycles. The van der Waals surface area contributed by atoms with Gasteiger partial charge in [-0.25, -0.2) is 14.4 Å². The predicted molar refractivity (Wildman–Crippen MR) is 95.0 cm³/mol. The van der Waals surface area contributed by atoms with Crippen molar-refractivity contribution in [3.8, 4) is 11.3 Å². The van der Waals surface area contributed by atoms with Gasteiger partial charge in [-0.2, -0.15) is 0 Å². The van der Waals surface area contributed by atoms with E-state index in [1.807, 2.05) is 0 Å². The summed E-state index contributed by atoms with van der Waals surface area (Å²) in [4.78, 5) is 23.7. The minimum absolute atomic E-state index is 0.186. The average Bonchev–Trinajstić information content (AvgIpc) is 3.04. The quantitative estimate of drug-likeness (QED) is 0.758. The van der Waals surface area contributed by atoms with E-state index in [4.69, 9.17) is 10.5 Å². The van der Waals surface area contributed by atoms with Crippen LogP contribution in [0.3, 0.4) is 0 Å². The van der Waals surface area contributed by atoms with E-state index in [0.717, 1.165) is 0 Å². The zero-order valence-electron chi connectivity index (χ0n) is 14.3. The summed E-state index contributed by atoms with van der Waals surface area (Å²) in [6.45, 7) is 1.95. The van der Waals surface area contributed by atoms with E-state index in [1.165, 1.54) is 12.1 Å². The molecular formula is C18H18FN5O2. The third-order valence-corrected chi connectivity index (χ3v) is 4.50. The molecule has 4 rings (SSSR count). The van der Waals surface area contributed by atoms with Gasteiger partial charge < -0.3 is 19.9 Å². The Morgan fingerprint density at radius 2 is 2.08 bits per heavy atom. The summed E-state index contributed by atoms with van der Waals surface area (Å²) in [6.07, 6.45) is 1.59. The SMILES string of the molecule is Cn1cnc2c(N)nc(-c3cccc(F)c3)c(C(=O)N3CCOCC3)c21. The summed E-state index contributed by atoms with van der Waals surface area (Å²) < 4.78 is 20.9. The van der Waals surface area contributed by atoms with Crippen molar-refractivity contribution in [1.29, 1.82) is 0 Å². The second kappa shape index (κ2) is 6.38. The molecule has 2 N–H and O–H groups in total. The van der Waals surface area contributed by atoms with Gasteiger partial charge in [0.05, 0.1) is 36.3 Å². The number of nitrogens with two attached hydrogens (primary N) is 1. The van der Waals surface area contributed by atoms with Crippen LogP contribution < -0.4 is 5.73 Å². The summed E-state index contributed by atoms with van der Waals surface area (Å²) >= 11 is 0. The smallest absolute Gasteiger partial charge is 0.258 e. The molecule has 1 aliphatic rings. The number of benzene rings is 1. The lowest BCUT2D eigenvalue weighted by Crippen LogP contribution is -2.41. The first-order valence-electron chi connectivity index (χ1n) is 8.29. The van der Waals surface area contributed by atoms with E-state index in [2.05, 4.69) is 9.97 Å². The first-order valence-corrected chi connectivity index (χ1v) is 8.29. The highest BCUT2D eigenvalue weighted by molar-refractivity contribution is 6.11. The van der Waals surface area contributed by atoms with Crippen molar-refractivity contribution in [2.45, 2.75) is 0 Å². The number of aromatic nitrogens is 3. The Kier molecular flexibility index (Phi) is 4.04. The van der Waals surface area contributed by atoms with Gasteiger partial charge in [0.15, 0.2) is 5.82 Å². The number of fused-ring (bicyclic) bond motifs is 1. The van der Waals surface area contributed by atoms with Gasteiger partial charge in [-0.15, -0.1) is 0 Å². The van der Waals surface area contributed by atoms with Crippen molar-refractivity contribution in [3.63, 3.8) is 0 Å². The van der Waals surface area contributed by atoms with Crippen LogP contribution in [-0.4, -0.2) is 51.6 Å². The molecule has 0 spiro atoms. The standard InChI is InChI=1S/C18H18FN5O2/c1-23-10-21-15-16(23)13(18(25)24-5-7-26-8-6-24)14(22-17(15)20)11-3-2-4-12(19)9-11/h2-4,9-10H,5-8H2,1H3,(H2,20,22). The number of imidazole rings is 1. The fourth-order valence-corrected chi connectivity index (χ4v) is 3.23. The number of morpholine rings is 1. The van der Waals surface area contributed by atoms with Crippen molar-refractivity contribution in [2.75, 3.05) is 32.0 Å². The van der Waals surface area contributed by atoms with Crippen LogP contribution in [0.5, 0.6) is 0 Å². The average molecular weight is 355 g/mol. The van der Waals surface area contributed by atoms with E-state index in [0.29, 0.717) is 54.2 Å². The lowest BCUT2D eigenvalue weighted by atomic mass is 10.0. The fourth-order valence-electron chi connectivity index (χ4n) is 3.23. The molecule has 0 bridgehead atoms. The van der Waals surface area contributed by atoms with Crippen molar-refractivity contribution < 1.29 is 13.9 Å². The number of pyridine rings is 1. The topological polar surface area (TPSA) is 86.3 Å². The molecule has 3 heterocycles. The number of nitrogen functional groups attached to an aromatic ring is 1. The lowest BCUT2D eigenvalue weighted by Gasteiger charge is -2.28. The van der Waals surface area contributed by atoms with Crippen LogP contribution in [0.15, 0.2) is 30.6 Å². The number of aryl methyl sites for hydroxylation is 1. The Morgan fingerprint density at radius 3 is 2.81 bits per heavy atom. The highest BCUT2D eigenvalue weighted by Gasteiger charge is 2.28. The number of hydrogen-bond acceptors (Lipinski definition) is 5. The molecule has 1 fully saturated rings. The first kappa shape index (κ1) is 16.5. The zero-order chi connectivity index (χ0) is 18.3. The van der Waals surface area contributed by atoms with Crippen molar-refractivity contribution in [3.05, 3.63) is 42.0 Å². The molecule has 8 heteroatoms. The Labute approximate surface area is 149 Å². The number of hydrogen-bond donors (Lipinski definition) is 1. The molecule has 1 aliphatic heterocycles. The summed E-state index contributed by atoms with van der Waals surface area (Å²) in [7, 11) is 1.79. The Morgan fingerprint density at radius 1 is 1.31 bits per heavy atom. The van der Waals surface area contributed by atoms with Gasteiger partial charge in [0.25, 0.3) is 5.91 Å². The first-order chi connectivity index (χ1) is 12.6. The molecule has 0 aliphatic carbocycles. The van der Waals surface area contributed by atoms with Gasteiger partial charge in [0.2, 0.25) is 0 Å². The van der Waals surface area contributed by atoms with Crippen LogP contribution in [0.1, 0.15) is 10.4 Å². The molecule has 1 saturated heterocycles. The Hall–Kier alpha value is -3.00. The monoisotopic (exact) mass is 355 g/mol. The number of amides is 1. The largest absolute Gasteiger partial charge is 0.382 e. The molecule has 134 valence electrons. The minimum atomic E-state index is -0.405. The van der Waals surface area contributed by atoms with Crippen molar-refractivity contribution in [1.82, 2.24) is 19.4 Å². The van der Waals surface area contributed by atoms with Crippen LogP contribution >= 0.6 is 0 Å². The number of carbonyl (C=O) groups excluding carboxylic acids is 1. The number of nitrogens with zero attached hydrogens (tertiary/aromatic N) is 4.